The fraction of sp³-hybridized carbons (Fsp3) is 0.586. The third-order valence-corrected chi connectivity index (χ3v) is 8.53. The van der Waals surface area contributed by atoms with Crippen molar-refractivity contribution in [3.63, 3.8) is 0 Å². The number of amides is 1. The Bertz CT molecular complexity index is 1360. The summed E-state index contributed by atoms with van der Waals surface area (Å²) in [7, 11) is 0. The number of H-pyrrole nitrogens is 1. The molecular formula is C29H42N8O4. The van der Waals surface area contributed by atoms with Crippen molar-refractivity contribution in [1.29, 1.82) is 0 Å². The first kappa shape index (κ1) is 29.0. The Hall–Kier alpha value is -3.48. The van der Waals surface area contributed by atoms with Crippen LogP contribution in [-0.4, -0.2) is 74.6 Å². The van der Waals surface area contributed by atoms with Gasteiger partial charge in [-0.3, -0.25) is 19.1 Å². The van der Waals surface area contributed by atoms with E-state index in [0.717, 1.165) is 69.9 Å². The van der Waals surface area contributed by atoms with Gasteiger partial charge in [-0.05, 0) is 68.2 Å². The lowest BCUT2D eigenvalue weighted by Gasteiger charge is -2.40. The van der Waals surface area contributed by atoms with Crippen molar-refractivity contribution in [3.05, 3.63) is 45.9 Å². The molecule has 222 valence electrons. The number of benzene rings is 1. The normalized spacial score (nSPS) is 17.4. The summed E-state index contributed by atoms with van der Waals surface area (Å²) in [5, 5.41) is 0. The van der Waals surface area contributed by atoms with Gasteiger partial charge < -0.3 is 20.4 Å². The van der Waals surface area contributed by atoms with Gasteiger partial charge in [-0.2, -0.15) is 9.97 Å². The van der Waals surface area contributed by atoms with Crippen LogP contribution in [0.15, 0.2) is 29.1 Å². The Morgan fingerprint density at radius 2 is 1.63 bits per heavy atom. The quantitative estimate of drug-likeness (QED) is 0.234. The molecule has 2 fully saturated rings. The van der Waals surface area contributed by atoms with Crippen molar-refractivity contribution < 1.29 is 14.4 Å². The second-order valence-corrected chi connectivity index (χ2v) is 11.3. The summed E-state index contributed by atoms with van der Waals surface area (Å²) >= 11 is 0. The zero-order chi connectivity index (χ0) is 28.8. The van der Waals surface area contributed by atoms with Crippen LogP contribution in [0.3, 0.4) is 0 Å². The van der Waals surface area contributed by atoms with Crippen LogP contribution in [0.1, 0.15) is 56.6 Å². The number of likely N-dealkylation sites (tertiary alicyclic amines) is 2. The number of carbonyl (C=O) groups excluding carboxylic acids is 1. The molecule has 3 aromatic rings. The van der Waals surface area contributed by atoms with Crippen molar-refractivity contribution in [1.82, 2.24) is 29.3 Å². The number of fused-ring (bicyclic) bond motifs is 1. The lowest BCUT2D eigenvalue weighted by molar-refractivity contribution is -0.138. The highest BCUT2D eigenvalue weighted by molar-refractivity contribution is 5.82. The topological polar surface area (TPSA) is 158 Å². The Kier molecular flexibility index (Phi) is 9.53. The number of nitrogens with zero attached hydrogens (tertiary/aromatic N) is 5. The predicted molar refractivity (Wildman–Crippen MR) is 156 cm³/mol. The third-order valence-electron chi connectivity index (χ3n) is 8.53. The lowest BCUT2D eigenvalue weighted by Crippen LogP contribution is -2.44. The van der Waals surface area contributed by atoms with E-state index in [0.29, 0.717) is 30.2 Å². The number of ether oxygens (including phenoxy) is 1. The van der Waals surface area contributed by atoms with Crippen LogP contribution in [0.25, 0.3) is 11.2 Å². The Labute approximate surface area is 240 Å². The van der Waals surface area contributed by atoms with Gasteiger partial charge in [0.15, 0.2) is 11.5 Å². The highest BCUT2D eigenvalue weighted by atomic mass is 16.6. The Morgan fingerprint density at radius 1 is 1.00 bits per heavy atom. The molecule has 5 rings (SSSR count). The van der Waals surface area contributed by atoms with Gasteiger partial charge >= 0.3 is 11.7 Å². The molecule has 12 nitrogen and oxygen atoms in total. The molecule has 0 bridgehead atoms. The van der Waals surface area contributed by atoms with Gasteiger partial charge in [0, 0.05) is 19.6 Å². The molecule has 5 N–H and O–H groups in total. The highest BCUT2D eigenvalue weighted by Crippen LogP contribution is 2.33. The van der Waals surface area contributed by atoms with Crippen molar-refractivity contribution in [2.24, 2.45) is 17.7 Å². The minimum Gasteiger partial charge on any atom is -0.463 e. The summed E-state index contributed by atoms with van der Waals surface area (Å²) in [6.07, 6.45) is 6.40. The van der Waals surface area contributed by atoms with Gasteiger partial charge in [-0.1, -0.05) is 37.6 Å². The number of hydrogen-bond donors (Lipinski definition) is 3. The summed E-state index contributed by atoms with van der Waals surface area (Å²) in [5.41, 5.74) is 8.94. The van der Waals surface area contributed by atoms with Crippen LogP contribution >= 0.6 is 0 Å². The van der Waals surface area contributed by atoms with Gasteiger partial charge in [-0.15, -0.1) is 0 Å². The highest BCUT2D eigenvalue weighted by Gasteiger charge is 2.30. The Balaban J connectivity index is 1.13. The number of aromatic amines is 1. The molecule has 2 aliphatic heterocycles. The maximum absolute atomic E-state index is 12.7. The number of unbranched alkanes of at least 4 members (excludes halogenated alkanes) is 1. The number of imidazole rings is 1. The number of piperidine rings is 2. The zero-order valence-corrected chi connectivity index (χ0v) is 23.9. The molecule has 2 aliphatic rings. The molecule has 0 radical (unpaired) electrons. The monoisotopic (exact) mass is 566 g/mol. The number of hydrogen-bond acceptors (Lipinski definition) is 9. The van der Waals surface area contributed by atoms with E-state index in [1.165, 1.54) is 18.4 Å². The summed E-state index contributed by atoms with van der Waals surface area (Å²) in [4.78, 5) is 45.1. The van der Waals surface area contributed by atoms with Crippen LogP contribution in [0, 0.1) is 11.8 Å². The maximum Gasteiger partial charge on any atom is 0.328 e. The number of nitrogens with one attached hydrogen (secondary N) is 1. The largest absolute Gasteiger partial charge is 0.463 e. The second kappa shape index (κ2) is 13.5. The molecule has 2 saturated heterocycles. The van der Waals surface area contributed by atoms with Gasteiger partial charge in [0.25, 0.3) is 5.91 Å². The SMILES string of the molecule is CCCCOc1nc(N)c2[nH]c(=O)n(Cc3ccc(CN4CCC(C5CCN(C(=O)CON)CC5)CC4)cc3)c2n1. The average Bonchev–Trinajstić information content (AvgIpc) is 3.30. The van der Waals surface area contributed by atoms with Crippen LogP contribution in [0.2, 0.25) is 0 Å². The minimum absolute atomic E-state index is 0.0134. The van der Waals surface area contributed by atoms with E-state index in [4.69, 9.17) is 16.4 Å². The van der Waals surface area contributed by atoms with E-state index in [9.17, 15) is 9.59 Å². The van der Waals surface area contributed by atoms with Gasteiger partial charge in [0.05, 0.1) is 13.2 Å². The van der Waals surface area contributed by atoms with Crippen molar-refractivity contribution in [2.75, 3.05) is 45.1 Å². The predicted octanol–water partition coefficient (Wildman–Crippen LogP) is 2.27. The molecule has 2 aromatic heterocycles. The van der Waals surface area contributed by atoms with E-state index in [1.807, 2.05) is 4.90 Å². The van der Waals surface area contributed by atoms with Crippen molar-refractivity contribution >= 4 is 22.9 Å². The fourth-order valence-corrected chi connectivity index (χ4v) is 6.11. The smallest absolute Gasteiger partial charge is 0.328 e. The van der Waals surface area contributed by atoms with E-state index in [2.05, 4.69) is 55.9 Å². The number of carbonyl (C=O) groups is 1. The number of nitrogen functional groups attached to an aromatic ring is 1. The molecule has 0 atom stereocenters. The molecule has 1 amide bonds. The standard InChI is InChI=1S/C29H42N8O4/c1-2-3-16-40-28-33-26(30)25-27(34-28)37(29(39)32-25)18-21-6-4-20(5-7-21)17-35-12-8-22(9-13-35)23-10-14-36(15-11-23)24(38)19-41-31/h4-7,22-23H,2-3,8-19,31H2,1H3,(H,32,39)(H2,30,33,34). The molecule has 41 heavy (non-hydrogen) atoms. The lowest BCUT2D eigenvalue weighted by atomic mass is 9.78. The van der Waals surface area contributed by atoms with Crippen LogP contribution in [0.5, 0.6) is 6.01 Å². The van der Waals surface area contributed by atoms with Crippen molar-refractivity contribution in [3.8, 4) is 6.01 Å². The van der Waals surface area contributed by atoms with Gasteiger partial charge in [0.2, 0.25) is 0 Å². The van der Waals surface area contributed by atoms with E-state index in [-0.39, 0.29) is 30.0 Å². The molecule has 0 saturated carbocycles. The van der Waals surface area contributed by atoms with E-state index in [1.54, 1.807) is 4.57 Å². The Morgan fingerprint density at radius 3 is 2.27 bits per heavy atom. The summed E-state index contributed by atoms with van der Waals surface area (Å²) in [6.45, 7) is 7.61. The van der Waals surface area contributed by atoms with Gasteiger partial charge in [-0.25, -0.2) is 10.7 Å². The van der Waals surface area contributed by atoms with Gasteiger partial charge in [0.1, 0.15) is 12.1 Å². The number of aromatic nitrogens is 4. The first-order valence-corrected chi connectivity index (χ1v) is 14.7. The van der Waals surface area contributed by atoms with Crippen LogP contribution in [-0.2, 0) is 22.7 Å². The summed E-state index contributed by atoms with van der Waals surface area (Å²) < 4.78 is 7.22. The zero-order valence-electron chi connectivity index (χ0n) is 23.9. The van der Waals surface area contributed by atoms with Crippen molar-refractivity contribution in [2.45, 2.75) is 58.5 Å². The fourth-order valence-electron chi connectivity index (χ4n) is 6.11. The number of anilines is 1. The molecule has 1 aromatic carbocycles. The minimum atomic E-state index is -0.277. The molecule has 12 heteroatoms. The summed E-state index contributed by atoms with van der Waals surface area (Å²) in [6, 6.07) is 8.61. The average molecular weight is 567 g/mol. The molecule has 0 aliphatic carbocycles. The first-order valence-electron chi connectivity index (χ1n) is 14.7. The maximum atomic E-state index is 12.7. The number of rotatable bonds is 11. The van der Waals surface area contributed by atoms with Crippen LogP contribution in [0.4, 0.5) is 5.82 Å². The number of nitrogens with two attached hydrogens (primary N) is 2. The van der Waals surface area contributed by atoms with Crippen LogP contribution < -0.4 is 22.1 Å². The second-order valence-electron chi connectivity index (χ2n) is 11.3. The molecule has 4 heterocycles. The third kappa shape index (κ3) is 7.06. The van der Waals surface area contributed by atoms with E-state index >= 15 is 0 Å². The summed E-state index contributed by atoms with van der Waals surface area (Å²) in [5.74, 6) is 6.65. The molecule has 0 spiro atoms. The first-order chi connectivity index (χ1) is 19.9. The molecular weight excluding hydrogens is 524 g/mol. The molecule has 0 unspecified atom stereocenters. The van der Waals surface area contributed by atoms with E-state index < -0.39 is 0 Å².